The fraction of sp³-hybridized carbons (Fsp3) is 0.440. The van der Waals surface area contributed by atoms with Crippen LogP contribution in [-0.2, 0) is 43.7 Å². The number of carbonyl (C=O) groups is 2. The Morgan fingerprint density at radius 2 is 1.74 bits per heavy atom. The number of methoxy groups -OCH3 is 1. The molecule has 1 unspecified atom stereocenters. The van der Waals surface area contributed by atoms with Gasteiger partial charge >= 0.3 is 0 Å². The summed E-state index contributed by atoms with van der Waals surface area (Å²) in [6.07, 6.45) is 1.81. The van der Waals surface area contributed by atoms with Gasteiger partial charge in [-0.25, -0.2) is 13.1 Å². The lowest BCUT2D eigenvalue weighted by Crippen LogP contribution is -2.33. The number of nitrogens with one attached hydrogen (secondary N) is 2. The van der Waals surface area contributed by atoms with Gasteiger partial charge in [0.1, 0.15) is 0 Å². The Morgan fingerprint density at radius 1 is 1.09 bits per heavy atom. The molecule has 2 amide bonds. The van der Waals surface area contributed by atoms with E-state index in [-0.39, 0.29) is 42.8 Å². The van der Waals surface area contributed by atoms with E-state index in [9.17, 15) is 18.0 Å². The molecular formula is C25H33N3O5S. The van der Waals surface area contributed by atoms with Gasteiger partial charge in [-0.15, -0.1) is 0 Å². The average molecular weight is 488 g/mol. The zero-order valence-electron chi connectivity index (χ0n) is 20.0. The largest absolute Gasteiger partial charge is 0.383 e. The maximum atomic E-state index is 12.8. The number of carbonyl (C=O) groups excluding carboxylic acids is 2. The Balaban J connectivity index is 1.61. The van der Waals surface area contributed by atoms with Crippen LogP contribution in [0.5, 0.6) is 0 Å². The molecule has 1 aliphatic rings. The van der Waals surface area contributed by atoms with Crippen molar-refractivity contribution in [2.45, 2.75) is 44.6 Å². The van der Waals surface area contributed by atoms with Gasteiger partial charge in [-0.3, -0.25) is 9.59 Å². The first-order chi connectivity index (χ1) is 16.3. The van der Waals surface area contributed by atoms with E-state index in [2.05, 4.69) is 23.9 Å². The van der Waals surface area contributed by atoms with Gasteiger partial charge in [0.05, 0.1) is 17.4 Å². The minimum Gasteiger partial charge on any atom is -0.383 e. The molecule has 0 bridgehead atoms. The van der Waals surface area contributed by atoms with Crippen molar-refractivity contribution in [2.75, 3.05) is 31.7 Å². The third-order valence-corrected chi connectivity index (χ3v) is 7.51. The van der Waals surface area contributed by atoms with Gasteiger partial charge in [0.2, 0.25) is 21.8 Å². The van der Waals surface area contributed by atoms with E-state index in [0.29, 0.717) is 6.54 Å². The van der Waals surface area contributed by atoms with E-state index in [4.69, 9.17) is 4.74 Å². The van der Waals surface area contributed by atoms with Crippen LogP contribution >= 0.6 is 0 Å². The van der Waals surface area contributed by atoms with Crippen LogP contribution in [0, 0.1) is 5.92 Å². The van der Waals surface area contributed by atoms with Gasteiger partial charge in [0.25, 0.3) is 0 Å². The van der Waals surface area contributed by atoms with Gasteiger partial charge in [-0.2, -0.15) is 0 Å². The predicted molar refractivity (Wildman–Crippen MR) is 131 cm³/mol. The first kappa shape index (κ1) is 25.9. The van der Waals surface area contributed by atoms with Crippen LogP contribution in [0.2, 0.25) is 0 Å². The van der Waals surface area contributed by atoms with Crippen LogP contribution in [0.15, 0.2) is 47.4 Å². The maximum Gasteiger partial charge on any atom is 0.240 e. The fourth-order valence-electron chi connectivity index (χ4n) is 4.14. The standard InChI is InChI=1S/C25H33N3O5S/c1-4-19-7-6-8-20(5-2)24(19)28-17-21(15-23(28)29)25(30)26-16-18-9-11-22(12-10-18)34(31,32)27-13-14-33-3/h6-12,21,27H,4-5,13-17H2,1-3H3,(H,26,30). The zero-order valence-corrected chi connectivity index (χ0v) is 20.8. The highest BCUT2D eigenvalue weighted by Crippen LogP contribution is 2.32. The lowest BCUT2D eigenvalue weighted by molar-refractivity contribution is -0.126. The molecule has 2 aromatic rings. The number of nitrogens with zero attached hydrogens (tertiary/aromatic N) is 1. The monoisotopic (exact) mass is 487 g/mol. The lowest BCUT2D eigenvalue weighted by atomic mass is 10.0. The van der Waals surface area contributed by atoms with Crippen molar-refractivity contribution >= 4 is 27.5 Å². The quantitative estimate of drug-likeness (QED) is 0.474. The third-order valence-electron chi connectivity index (χ3n) is 6.03. The minimum absolute atomic E-state index is 0.0358. The summed E-state index contributed by atoms with van der Waals surface area (Å²) in [5, 5.41) is 2.89. The summed E-state index contributed by atoms with van der Waals surface area (Å²) in [6.45, 7) is 5.22. The van der Waals surface area contributed by atoms with Crippen LogP contribution in [-0.4, -0.2) is 47.0 Å². The van der Waals surface area contributed by atoms with Crippen molar-refractivity contribution < 1.29 is 22.7 Å². The second-order valence-corrected chi connectivity index (χ2v) is 10.1. The average Bonchev–Trinajstić information content (AvgIpc) is 3.23. The summed E-state index contributed by atoms with van der Waals surface area (Å²) in [4.78, 5) is 27.5. The molecule has 1 heterocycles. The number of benzene rings is 2. The molecule has 1 fully saturated rings. The van der Waals surface area contributed by atoms with Crippen LogP contribution in [0.3, 0.4) is 0 Å². The molecule has 0 spiro atoms. The molecule has 34 heavy (non-hydrogen) atoms. The number of hydrogen-bond donors (Lipinski definition) is 2. The predicted octanol–water partition coefficient (Wildman–Crippen LogP) is 2.41. The highest BCUT2D eigenvalue weighted by atomic mass is 32.2. The molecule has 3 rings (SSSR count). The minimum atomic E-state index is -3.60. The van der Waals surface area contributed by atoms with Gasteiger partial charge in [-0.05, 0) is 41.7 Å². The molecule has 0 aliphatic carbocycles. The Kier molecular flexibility index (Phi) is 8.82. The van der Waals surface area contributed by atoms with E-state index >= 15 is 0 Å². The number of aryl methyl sites for hydroxylation is 2. The number of rotatable bonds is 11. The number of amides is 2. The molecule has 1 atom stereocenters. The number of sulfonamides is 1. The molecular weight excluding hydrogens is 454 g/mol. The first-order valence-electron chi connectivity index (χ1n) is 11.6. The van der Waals surface area contributed by atoms with Gasteiger partial charge in [-0.1, -0.05) is 44.2 Å². The number of para-hydroxylation sites is 1. The van der Waals surface area contributed by atoms with Gasteiger partial charge < -0.3 is 15.0 Å². The summed E-state index contributed by atoms with van der Waals surface area (Å²) in [5.74, 6) is -0.640. The molecule has 1 saturated heterocycles. The van der Waals surface area contributed by atoms with E-state index in [1.807, 2.05) is 18.2 Å². The molecule has 9 heteroatoms. The summed E-state index contributed by atoms with van der Waals surface area (Å²) in [6, 6.07) is 12.4. The van der Waals surface area contributed by atoms with Crippen LogP contribution in [0.4, 0.5) is 5.69 Å². The van der Waals surface area contributed by atoms with Crippen molar-refractivity contribution in [2.24, 2.45) is 5.92 Å². The third kappa shape index (κ3) is 6.02. The van der Waals surface area contributed by atoms with Crippen LogP contribution in [0.1, 0.15) is 37.0 Å². The molecule has 2 aromatic carbocycles. The molecule has 0 saturated carbocycles. The molecule has 8 nitrogen and oxygen atoms in total. The van der Waals surface area contributed by atoms with E-state index in [1.54, 1.807) is 17.0 Å². The molecule has 0 aromatic heterocycles. The Bertz CT molecular complexity index is 1090. The SMILES string of the molecule is CCc1cccc(CC)c1N1CC(C(=O)NCc2ccc(S(=O)(=O)NCCOC)cc2)CC1=O. The van der Waals surface area contributed by atoms with Crippen molar-refractivity contribution in [3.63, 3.8) is 0 Å². The maximum absolute atomic E-state index is 12.8. The Hall–Kier alpha value is -2.75. The van der Waals surface area contributed by atoms with Crippen molar-refractivity contribution in [3.8, 4) is 0 Å². The molecule has 184 valence electrons. The summed E-state index contributed by atoms with van der Waals surface area (Å²) < 4.78 is 31.8. The van der Waals surface area contributed by atoms with Crippen LogP contribution < -0.4 is 14.9 Å². The number of anilines is 1. The highest BCUT2D eigenvalue weighted by Gasteiger charge is 2.36. The topological polar surface area (TPSA) is 105 Å². The second kappa shape index (κ2) is 11.6. The van der Waals surface area contributed by atoms with Crippen molar-refractivity contribution in [1.82, 2.24) is 10.0 Å². The van der Waals surface area contributed by atoms with Gasteiger partial charge in [0.15, 0.2) is 0 Å². The van der Waals surface area contributed by atoms with Crippen molar-refractivity contribution in [1.29, 1.82) is 0 Å². The number of ether oxygens (including phenoxy) is 1. The summed E-state index contributed by atoms with van der Waals surface area (Å²) >= 11 is 0. The summed E-state index contributed by atoms with van der Waals surface area (Å²) in [5.41, 5.74) is 3.94. The van der Waals surface area contributed by atoms with Crippen LogP contribution in [0.25, 0.3) is 0 Å². The molecule has 2 N–H and O–H groups in total. The van der Waals surface area contributed by atoms with E-state index in [0.717, 1.165) is 35.2 Å². The number of hydrogen-bond acceptors (Lipinski definition) is 5. The fourth-order valence-corrected chi connectivity index (χ4v) is 5.16. The normalized spacial score (nSPS) is 16.1. The van der Waals surface area contributed by atoms with E-state index < -0.39 is 15.9 Å². The first-order valence-corrected chi connectivity index (χ1v) is 13.0. The van der Waals surface area contributed by atoms with Crippen molar-refractivity contribution in [3.05, 3.63) is 59.2 Å². The van der Waals surface area contributed by atoms with E-state index in [1.165, 1.54) is 19.2 Å². The second-order valence-electron chi connectivity index (χ2n) is 8.29. The Labute approximate surface area is 201 Å². The lowest BCUT2D eigenvalue weighted by Gasteiger charge is -2.23. The summed E-state index contributed by atoms with van der Waals surface area (Å²) in [7, 11) is -2.10. The molecule has 1 aliphatic heterocycles. The molecule has 0 radical (unpaired) electrons. The smallest absolute Gasteiger partial charge is 0.240 e. The van der Waals surface area contributed by atoms with Gasteiger partial charge in [0, 0.05) is 38.9 Å². The zero-order chi connectivity index (χ0) is 24.7. The Morgan fingerprint density at radius 3 is 2.32 bits per heavy atom. The highest BCUT2D eigenvalue weighted by molar-refractivity contribution is 7.89.